The van der Waals surface area contributed by atoms with Crippen molar-refractivity contribution in [1.82, 2.24) is 15.0 Å². The summed E-state index contributed by atoms with van der Waals surface area (Å²) in [6.45, 7) is 0.273. The molecule has 0 atom stereocenters. The van der Waals surface area contributed by atoms with E-state index in [4.69, 9.17) is 11.2 Å². The Balaban J connectivity index is 1.91. The molecule has 0 radical (unpaired) electrons. The Hall–Kier alpha value is -2.80. The van der Waals surface area contributed by atoms with E-state index in [9.17, 15) is 0 Å². The van der Waals surface area contributed by atoms with Crippen LogP contribution in [0.15, 0.2) is 42.7 Å². The molecule has 2 aromatic heterocycles. The molecule has 0 unspecified atom stereocenters. The number of aromatic amines is 1. The average Bonchev–Trinajstić information content (AvgIpc) is 2.89. The standard InChI is InChI=1S/C15H11N3O/c1-2-9-19-12-5-3-11(4-6-12)15-17-13-7-8-16-10-14(13)18-15/h1,3-8,10H,9H2,(H,17,18). The first kappa shape index (κ1) is 11.3. The van der Waals surface area contributed by atoms with Crippen molar-refractivity contribution in [1.29, 1.82) is 0 Å². The molecule has 3 aromatic rings. The number of fused-ring (bicyclic) bond motifs is 1. The first-order valence-corrected chi connectivity index (χ1v) is 5.83. The molecule has 19 heavy (non-hydrogen) atoms. The summed E-state index contributed by atoms with van der Waals surface area (Å²) in [5, 5.41) is 0. The van der Waals surface area contributed by atoms with Gasteiger partial charge in [0.1, 0.15) is 18.2 Å². The van der Waals surface area contributed by atoms with Crippen molar-refractivity contribution in [3.63, 3.8) is 0 Å². The third kappa shape index (κ3) is 2.26. The lowest BCUT2D eigenvalue weighted by Crippen LogP contribution is -1.92. The van der Waals surface area contributed by atoms with Crippen LogP contribution in [0.4, 0.5) is 0 Å². The molecule has 0 aliphatic heterocycles. The minimum atomic E-state index is 0.273. The Morgan fingerprint density at radius 1 is 1.21 bits per heavy atom. The molecular formula is C15H11N3O. The molecule has 0 aliphatic carbocycles. The Morgan fingerprint density at radius 2 is 2.05 bits per heavy atom. The predicted octanol–water partition coefficient (Wildman–Crippen LogP) is 2.64. The van der Waals surface area contributed by atoms with Gasteiger partial charge in [0.25, 0.3) is 0 Å². The predicted molar refractivity (Wildman–Crippen MR) is 73.7 cm³/mol. The fourth-order valence-electron chi connectivity index (χ4n) is 1.83. The molecule has 2 heterocycles. The SMILES string of the molecule is C#CCOc1ccc(-c2nc3ccncc3[nH]2)cc1. The summed E-state index contributed by atoms with van der Waals surface area (Å²) in [5.41, 5.74) is 2.81. The molecule has 1 aromatic carbocycles. The molecule has 3 rings (SSSR count). The molecule has 0 aliphatic rings. The van der Waals surface area contributed by atoms with Gasteiger partial charge in [0, 0.05) is 11.8 Å². The number of hydrogen-bond donors (Lipinski definition) is 1. The van der Waals surface area contributed by atoms with E-state index in [0.29, 0.717) is 0 Å². The van der Waals surface area contributed by atoms with Crippen molar-refractivity contribution >= 4 is 11.0 Å². The van der Waals surface area contributed by atoms with Crippen LogP contribution in [0.25, 0.3) is 22.4 Å². The second kappa shape index (κ2) is 4.83. The van der Waals surface area contributed by atoms with E-state index >= 15 is 0 Å². The molecule has 4 nitrogen and oxygen atoms in total. The van der Waals surface area contributed by atoms with E-state index in [0.717, 1.165) is 28.2 Å². The summed E-state index contributed by atoms with van der Waals surface area (Å²) in [6, 6.07) is 9.50. The Kier molecular flexibility index (Phi) is 2.87. The van der Waals surface area contributed by atoms with Crippen LogP contribution in [0.2, 0.25) is 0 Å². The highest BCUT2D eigenvalue weighted by Gasteiger charge is 2.05. The zero-order valence-electron chi connectivity index (χ0n) is 10.1. The number of imidazole rings is 1. The number of rotatable bonds is 3. The zero-order valence-corrected chi connectivity index (χ0v) is 10.1. The van der Waals surface area contributed by atoms with Gasteiger partial charge < -0.3 is 9.72 Å². The lowest BCUT2D eigenvalue weighted by molar-refractivity contribution is 0.370. The summed E-state index contributed by atoms with van der Waals surface area (Å²) in [7, 11) is 0. The first-order chi connectivity index (χ1) is 9.36. The maximum atomic E-state index is 5.33. The van der Waals surface area contributed by atoms with Crippen LogP contribution in [0.3, 0.4) is 0 Å². The Labute approximate surface area is 110 Å². The van der Waals surface area contributed by atoms with Crippen LogP contribution in [-0.2, 0) is 0 Å². The van der Waals surface area contributed by atoms with Crippen molar-refractivity contribution in [2.75, 3.05) is 6.61 Å². The van der Waals surface area contributed by atoms with Crippen LogP contribution >= 0.6 is 0 Å². The van der Waals surface area contributed by atoms with Crippen molar-refractivity contribution in [3.8, 4) is 29.5 Å². The summed E-state index contributed by atoms with van der Waals surface area (Å²) in [6.07, 6.45) is 8.63. The molecule has 0 spiro atoms. The molecule has 0 fully saturated rings. The van der Waals surface area contributed by atoms with Gasteiger partial charge in [-0.1, -0.05) is 5.92 Å². The summed E-state index contributed by atoms with van der Waals surface area (Å²) < 4.78 is 5.33. The normalized spacial score (nSPS) is 10.3. The van der Waals surface area contributed by atoms with E-state index in [-0.39, 0.29) is 6.61 Å². The quantitative estimate of drug-likeness (QED) is 0.726. The van der Waals surface area contributed by atoms with E-state index < -0.39 is 0 Å². The molecule has 92 valence electrons. The van der Waals surface area contributed by atoms with Crippen LogP contribution in [0.1, 0.15) is 0 Å². The monoisotopic (exact) mass is 249 g/mol. The van der Waals surface area contributed by atoms with E-state index in [1.807, 2.05) is 30.3 Å². The molecule has 0 amide bonds. The minimum Gasteiger partial charge on any atom is -0.481 e. The van der Waals surface area contributed by atoms with E-state index in [1.165, 1.54) is 0 Å². The number of H-pyrrole nitrogens is 1. The number of pyridine rings is 1. The van der Waals surface area contributed by atoms with Crippen molar-refractivity contribution in [2.24, 2.45) is 0 Å². The number of hydrogen-bond acceptors (Lipinski definition) is 3. The third-order valence-corrected chi connectivity index (χ3v) is 2.73. The van der Waals surface area contributed by atoms with Crippen molar-refractivity contribution < 1.29 is 4.74 Å². The second-order valence-corrected chi connectivity index (χ2v) is 4.00. The maximum Gasteiger partial charge on any atom is 0.148 e. The highest BCUT2D eigenvalue weighted by molar-refractivity contribution is 5.78. The van der Waals surface area contributed by atoms with Crippen LogP contribution < -0.4 is 4.74 Å². The van der Waals surface area contributed by atoms with Gasteiger partial charge in [-0.25, -0.2) is 4.98 Å². The van der Waals surface area contributed by atoms with Gasteiger partial charge in [0.15, 0.2) is 0 Å². The number of nitrogens with one attached hydrogen (secondary N) is 1. The van der Waals surface area contributed by atoms with E-state index in [1.54, 1.807) is 12.4 Å². The van der Waals surface area contributed by atoms with Gasteiger partial charge in [-0.3, -0.25) is 4.98 Å². The Morgan fingerprint density at radius 3 is 2.79 bits per heavy atom. The third-order valence-electron chi connectivity index (χ3n) is 2.73. The van der Waals surface area contributed by atoms with Gasteiger partial charge in [-0.05, 0) is 30.3 Å². The molecule has 1 N–H and O–H groups in total. The molecule has 0 saturated carbocycles. The molecule has 0 bridgehead atoms. The number of benzene rings is 1. The summed E-state index contributed by atoms with van der Waals surface area (Å²) in [4.78, 5) is 11.8. The fraction of sp³-hybridized carbons (Fsp3) is 0.0667. The highest BCUT2D eigenvalue weighted by Crippen LogP contribution is 2.22. The number of terminal acetylenes is 1. The van der Waals surface area contributed by atoms with Crippen LogP contribution in [0.5, 0.6) is 5.75 Å². The van der Waals surface area contributed by atoms with Gasteiger partial charge in [-0.15, -0.1) is 6.42 Å². The van der Waals surface area contributed by atoms with Crippen molar-refractivity contribution in [3.05, 3.63) is 42.7 Å². The van der Waals surface area contributed by atoms with E-state index in [2.05, 4.69) is 20.9 Å². The maximum absolute atomic E-state index is 5.33. The number of nitrogens with zero attached hydrogens (tertiary/aromatic N) is 2. The van der Waals surface area contributed by atoms with Crippen molar-refractivity contribution in [2.45, 2.75) is 0 Å². The zero-order chi connectivity index (χ0) is 13.1. The first-order valence-electron chi connectivity index (χ1n) is 5.83. The Bertz CT molecular complexity index is 705. The van der Waals surface area contributed by atoms with Gasteiger partial charge in [-0.2, -0.15) is 0 Å². The average molecular weight is 249 g/mol. The van der Waals surface area contributed by atoms with Crippen LogP contribution in [-0.4, -0.2) is 21.6 Å². The minimum absolute atomic E-state index is 0.273. The summed E-state index contributed by atoms with van der Waals surface area (Å²) >= 11 is 0. The van der Waals surface area contributed by atoms with Gasteiger partial charge in [0.2, 0.25) is 0 Å². The largest absolute Gasteiger partial charge is 0.481 e. The van der Waals surface area contributed by atoms with Gasteiger partial charge >= 0.3 is 0 Å². The highest BCUT2D eigenvalue weighted by atomic mass is 16.5. The lowest BCUT2D eigenvalue weighted by atomic mass is 10.2. The smallest absolute Gasteiger partial charge is 0.148 e. The van der Waals surface area contributed by atoms with Crippen LogP contribution in [0, 0.1) is 12.3 Å². The molecule has 4 heteroatoms. The van der Waals surface area contributed by atoms with Gasteiger partial charge in [0.05, 0.1) is 17.2 Å². The fourth-order valence-corrected chi connectivity index (χ4v) is 1.83. The second-order valence-electron chi connectivity index (χ2n) is 4.00. The number of aromatic nitrogens is 3. The lowest BCUT2D eigenvalue weighted by Gasteiger charge is -2.02. The summed E-state index contributed by atoms with van der Waals surface area (Å²) in [5.74, 6) is 3.99. The number of ether oxygens (including phenoxy) is 1. The topological polar surface area (TPSA) is 50.8 Å². The molecular weight excluding hydrogens is 238 g/mol. The molecule has 0 saturated heterocycles.